The summed E-state index contributed by atoms with van der Waals surface area (Å²) in [5.41, 5.74) is 5.13. The standard InChI is InChI=1S/C13H10FN3O4/c14-9-5-3-6-10(17(19)20)12(9)21-11-7-2-1-4-8(11)13(15)16-18/h1-7,18H,(H2,15,16). The van der Waals surface area contributed by atoms with E-state index in [1.165, 1.54) is 18.2 Å². The first-order chi connectivity index (χ1) is 10.0. The van der Waals surface area contributed by atoms with Crippen LogP contribution in [0.4, 0.5) is 10.1 Å². The topological polar surface area (TPSA) is 111 Å². The molecule has 0 aliphatic carbocycles. The molecule has 8 heteroatoms. The predicted molar refractivity (Wildman–Crippen MR) is 72.1 cm³/mol. The molecule has 0 atom stereocenters. The molecule has 3 N–H and O–H groups in total. The zero-order valence-corrected chi connectivity index (χ0v) is 10.6. The number of halogens is 1. The molecule has 0 aliphatic heterocycles. The Morgan fingerprint density at radius 1 is 1.29 bits per heavy atom. The summed E-state index contributed by atoms with van der Waals surface area (Å²) < 4.78 is 19.0. The Bertz CT molecular complexity index is 718. The van der Waals surface area contributed by atoms with Crippen molar-refractivity contribution in [1.29, 1.82) is 0 Å². The van der Waals surface area contributed by atoms with Gasteiger partial charge in [-0.2, -0.15) is 0 Å². The van der Waals surface area contributed by atoms with E-state index in [9.17, 15) is 14.5 Å². The number of nitrogens with two attached hydrogens (primary N) is 1. The van der Waals surface area contributed by atoms with Gasteiger partial charge >= 0.3 is 5.69 Å². The average Bonchev–Trinajstić information content (AvgIpc) is 2.48. The van der Waals surface area contributed by atoms with Crippen LogP contribution in [0.3, 0.4) is 0 Å². The summed E-state index contributed by atoms with van der Waals surface area (Å²) in [6.07, 6.45) is 0. The lowest BCUT2D eigenvalue weighted by atomic mass is 10.2. The monoisotopic (exact) mass is 291 g/mol. The molecular formula is C13H10FN3O4. The molecule has 0 heterocycles. The fourth-order valence-electron chi connectivity index (χ4n) is 1.67. The molecule has 0 aromatic heterocycles. The number of hydrogen-bond acceptors (Lipinski definition) is 5. The van der Waals surface area contributed by atoms with Crippen LogP contribution < -0.4 is 10.5 Å². The van der Waals surface area contributed by atoms with Gasteiger partial charge in [0, 0.05) is 6.07 Å². The van der Waals surface area contributed by atoms with E-state index in [-0.39, 0.29) is 17.1 Å². The molecule has 0 saturated heterocycles. The van der Waals surface area contributed by atoms with Crippen molar-refractivity contribution in [2.24, 2.45) is 10.9 Å². The molecule has 0 unspecified atom stereocenters. The summed E-state index contributed by atoms with van der Waals surface area (Å²) in [4.78, 5) is 10.2. The number of amidine groups is 1. The minimum atomic E-state index is -0.890. The van der Waals surface area contributed by atoms with Gasteiger partial charge in [0.05, 0.1) is 10.5 Å². The molecule has 108 valence electrons. The van der Waals surface area contributed by atoms with E-state index in [0.717, 1.165) is 12.1 Å². The van der Waals surface area contributed by atoms with Crippen molar-refractivity contribution >= 4 is 11.5 Å². The lowest BCUT2D eigenvalue weighted by Crippen LogP contribution is -2.14. The molecule has 2 aromatic rings. The Balaban J connectivity index is 2.52. The molecule has 0 aliphatic rings. The smallest absolute Gasteiger partial charge is 0.314 e. The summed E-state index contributed by atoms with van der Waals surface area (Å²) in [5.74, 6) is -1.66. The van der Waals surface area contributed by atoms with Crippen LogP contribution in [-0.2, 0) is 0 Å². The lowest BCUT2D eigenvalue weighted by molar-refractivity contribution is -0.385. The summed E-state index contributed by atoms with van der Waals surface area (Å²) in [6, 6.07) is 9.40. The van der Waals surface area contributed by atoms with E-state index in [0.29, 0.717) is 0 Å². The van der Waals surface area contributed by atoms with E-state index < -0.39 is 22.2 Å². The van der Waals surface area contributed by atoms with Crippen LogP contribution in [0.1, 0.15) is 5.56 Å². The van der Waals surface area contributed by atoms with Gasteiger partial charge in [0.25, 0.3) is 0 Å². The number of nitrogens with zero attached hydrogens (tertiary/aromatic N) is 2. The maximum absolute atomic E-state index is 13.8. The predicted octanol–water partition coefficient (Wildman–Crippen LogP) is 2.62. The lowest BCUT2D eigenvalue weighted by Gasteiger charge is -2.10. The second kappa shape index (κ2) is 5.87. The number of rotatable bonds is 4. The third-order valence-electron chi connectivity index (χ3n) is 2.63. The van der Waals surface area contributed by atoms with Gasteiger partial charge in [-0.3, -0.25) is 10.1 Å². The Kier molecular flexibility index (Phi) is 3.98. The summed E-state index contributed by atoms with van der Waals surface area (Å²) in [7, 11) is 0. The van der Waals surface area contributed by atoms with Crippen LogP contribution >= 0.6 is 0 Å². The molecule has 7 nitrogen and oxygen atoms in total. The van der Waals surface area contributed by atoms with Gasteiger partial charge in [-0.25, -0.2) is 4.39 Å². The highest BCUT2D eigenvalue weighted by Crippen LogP contribution is 2.35. The molecule has 0 saturated carbocycles. The number of benzene rings is 2. The van der Waals surface area contributed by atoms with Crippen molar-refractivity contribution in [3.8, 4) is 11.5 Å². The van der Waals surface area contributed by atoms with Gasteiger partial charge < -0.3 is 15.7 Å². The Morgan fingerprint density at radius 3 is 2.67 bits per heavy atom. The highest BCUT2D eigenvalue weighted by atomic mass is 19.1. The van der Waals surface area contributed by atoms with Gasteiger partial charge in [0.2, 0.25) is 5.75 Å². The maximum atomic E-state index is 13.8. The first-order valence-corrected chi connectivity index (χ1v) is 5.72. The quantitative estimate of drug-likeness (QED) is 0.296. The van der Waals surface area contributed by atoms with Crippen molar-refractivity contribution < 1.29 is 19.3 Å². The number of nitro groups is 1. The molecule has 0 amide bonds. The zero-order valence-electron chi connectivity index (χ0n) is 10.6. The second-order valence-electron chi connectivity index (χ2n) is 3.93. The van der Waals surface area contributed by atoms with Crippen molar-refractivity contribution in [2.45, 2.75) is 0 Å². The van der Waals surface area contributed by atoms with E-state index >= 15 is 0 Å². The molecule has 2 aromatic carbocycles. The normalized spacial score (nSPS) is 11.2. The highest BCUT2D eigenvalue weighted by molar-refractivity contribution is 5.99. The average molecular weight is 291 g/mol. The maximum Gasteiger partial charge on any atom is 0.314 e. The van der Waals surface area contributed by atoms with Crippen molar-refractivity contribution in [1.82, 2.24) is 0 Å². The summed E-state index contributed by atoms with van der Waals surface area (Å²) in [6.45, 7) is 0. The van der Waals surface area contributed by atoms with Gasteiger partial charge in [-0.1, -0.05) is 23.4 Å². The minimum Gasteiger partial charge on any atom is -0.446 e. The third kappa shape index (κ3) is 2.89. The first kappa shape index (κ1) is 14.3. The van der Waals surface area contributed by atoms with Crippen LogP contribution in [0.2, 0.25) is 0 Å². The molecular weight excluding hydrogens is 281 g/mol. The Labute approximate surface area is 118 Å². The van der Waals surface area contributed by atoms with Crippen LogP contribution in [0.5, 0.6) is 11.5 Å². The first-order valence-electron chi connectivity index (χ1n) is 5.72. The van der Waals surface area contributed by atoms with Crippen LogP contribution in [0.15, 0.2) is 47.6 Å². The van der Waals surface area contributed by atoms with Crippen LogP contribution in [0.25, 0.3) is 0 Å². The summed E-state index contributed by atoms with van der Waals surface area (Å²) in [5, 5.41) is 22.4. The molecule has 0 bridgehead atoms. The van der Waals surface area contributed by atoms with Crippen molar-refractivity contribution in [3.05, 3.63) is 64.0 Å². The largest absolute Gasteiger partial charge is 0.446 e. The van der Waals surface area contributed by atoms with Crippen LogP contribution in [0, 0.1) is 15.9 Å². The zero-order chi connectivity index (χ0) is 15.4. The minimum absolute atomic E-state index is 0.0287. The van der Waals surface area contributed by atoms with Gasteiger partial charge in [-0.15, -0.1) is 0 Å². The van der Waals surface area contributed by atoms with Gasteiger partial charge in [0.15, 0.2) is 11.7 Å². The number of hydrogen-bond donors (Lipinski definition) is 2. The SMILES string of the molecule is N/C(=N/O)c1ccccc1Oc1c(F)cccc1[N+](=O)[O-]. The molecule has 0 radical (unpaired) electrons. The molecule has 21 heavy (non-hydrogen) atoms. The van der Waals surface area contributed by atoms with E-state index in [4.69, 9.17) is 15.7 Å². The second-order valence-corrected chi connectivity index (χ2v) is 3.93. The van der Waals surface area contributed by atoms with E-state index in [2.05, 4.69) is 5.16 Å². The Morgan fingerprint density at radius 2 is 2.00 bits per heavy atom. The van der Waals surface area contributed by atoms with Gasteiger partial charge in [-0.05, 0) is 18.2 Å². The molecule has 2 rings (SSSR count). The van der Waals surface area contributed by atoms with E-state index in [1.54, 1.807) is 12.1 Å². The summed E-state index contributed by atoms with van der Waals surface area (Å²) >= 11 is 0. The number of oxime groups is 1. The van der Waals surface area contributed by atoms with Crippen molar-refractivity contribution in [3.63, 3.8) is 0 Å². The third-order valence-corrected chi connectivity index (χ3v) is 2.63. The number of para-hydroxylation sites is 2. The van der Waals surface area contributed by atoms with Gasteiger partial charge in [0.1, 0.15) is 5.75 Å². The molecule has 0 spiro atoms. The Hall–Kier alpha value is -3.16. The van der Waals surface area contributed by atoms with Crippen LogP contribution in [-0.4, -0.2) is 16.0 Å². The fourth-order valence-corrected chi connectivity index (χ4v) is 1.67. The fraction of sp³-hybridized carbons (Fsp3) is 0. The number of nitro benzene ring substituents is 1. The number of ether oxygens (including phenoxy) is 1. The highest BCUT2D eigenvalue weighted by Gasteiger charge is 2.21. The van der Waals surface area contributed by atoms with E-state index in [1.807, 2.05) is 0 Å². The molecule has 0 fully saturated rings. The van der Waals surface area contributed by atoms with Crippen molar-refractivity contribution in [2.75, 3.05) is 0 Å².